The SMILES string of the molecule is O=C1c2ccccc2C(=O)C1(Cl)[C@H](Cl)c1ccc([N+](=O)[O-])cc1. The van der Waals surface area contributed by atoms with Gasteiger partial charge in [-0.3, -0.25) is 19.7 Å². The summed E-state index contributed by atoms with van der Waals surface area (Å²) in [5, 5.41) is 9.55. The zero-order chi connectivity index (χ0) is 16.8. The molecule has 116 valence electrons. The van der Waals surface area contributed by atoms with Crippen LogP contribution in [0.15, 0.2) is 48.5 Å². The summed E-state index contributed by atoms with van der Waals surface area (Å²) in [5.74, 6) is -1.11. The van der Waals surface area contributed by atoms with Crippen LogP contribution in [0.1, 0.15) is 31.7 Å². The average molecular weight is 350 g/mol. The summed E-state index contributed by atoms with van der Waals surface area (Å²) in [6.45, 7) is 0. The van der Waals surface area contributed by atoms with Crippen LogP contribution in [0.4, 0.5) is 5.69 Å². The summed E-state index contributed by atoms with van der Waals surface area (Å²) in [5.41, 5.74) is 0.718. The van der Waals surface area contributed by atoms with Crippen LogP contribution in [0.25, 0.3) is 0 Å². The molecular weight excluding hydrogens is 341 g/mol. The lowest BCUT2D eigenvalue weighted by Gasteiger charge is -2.24. The number of carbonyl (C=O) groups is 2. The van der Waals surface area contributed by atoms with Crippen LogP contribution < -0.4 is 0 Å². The third-order valence-electron chi connectivity index (χ3n) is 3.82. The highest BCUT2D eigenvalue weighted by molar-refractivity contribution is 6.58. The van der Waals surface area contributed by atoms with Gasteiger partial charge >= 0.3 is 0 Å². The third kappa shape index (κ3) is 2.24. The van der Waals surface area contributed by atoms with E-state index in [4.69, 9.17) is 23.2 Å². The highest BCUT2D eigenvalue weighted by Gasteiger charge is 2.56. The molecule has 0 bridgehead atoms. The van der Waals surface area contributed by atoms with Crippen molar-refractivity contribution in [2.75, 3.05) is 0 Å². The Morgan fingerprint density at radius 1 is 0.957 bits per heavy atom. The predicted molar refractivity (Wildman–Crippen MR) is 85.4 cm³/mol. The summed E-state index contributed by atoms with van der Waals surface area (Å²) < 4.78 is 0. The fraction of sp³-hybridized carbons (Fsp3) is 0.125. The second-order valence-electron chi connectivity index (χ2n) is 5.13. The first-order valence-corrected chi connectivity index (χ1v) is 7.44. The normalized spacial score (nSPS) is 17.0. The standard InChI is InChI=1S/C16H9Cl2NO4/c17-13(9-5-7-10(8-6-9)19(22)23)16(18)14(20)11-3-1-2-4-12(11)15(16)21/h1-8,13H/t13-/m1/s1. The maximum absolute atomic E-state index is 12.6. The minimum Gasteiger partial charge on any atom is -0.292 e. The number of non-ortho nitro benzene ring substituents is 1. The third-order valence-corrected chi connectivity index (χ3v) is 5.08. The Morgan fingerprint density at radius 3 is 1.87 bits per heavy atom. The van der Waals surface area contributed by atoms with Gasteiger partial charge in [-0.05, 0) is 5.56 Å². The van der Waals surface area contributed by atoms with Gasteiger partial charge in [-0.25, -0.2) is 0 Å². The molecule has 0 N–H and O–H groups in total. The molecule has 7 heteroatoms. The van der Waals surface area contributed by atoms with E-state index < -0.39 is 26.7 Å². The number of ketones is 2. The number of rotatable bonds is 3. The quantitative estimate of drug-likeness (QED) is 0.364. The minimum atomic E-state index is -1.94. The monoisotopic (exact) mass is 349 g/mol. The van der Waals surface area contributed by atoms with Gasteiger partial charge in [0.05, 0.1) is 10.3 Å². The van der Waals surface area contributed by atoms with Crippen LogP contribution in [0, 0.1) is 10.1 Å². The number of hydrogen-bond donors (Lipinski definition) is 0. The summed E-state index contributed by atoms with van der Waals surface area (Å²) in [7, 11) is 0. The Balaban J connectivity index is 2.02. The van der Waals surface area contributed by atoms with E-state index in [1.54, 1.807) is 12.1 Å². The lowest BCUT2D eigenvalue weighted by molar-refractivity contribution is -0.384. The number of nitro groups is 1. The molecule has 0 aromatic heterocycles. The number of nitrogens with zero attached hydrogens (tertiary/aromatic N) is 1. The van der Waals surface area contributed by atoms with Gasteiger partial charge in [0.2, 0.25) is 0 Å². The zero-order valence-corrected chi connectivity index (χ0v) is 13.0. The molecule has 3 rings (SSSR count). The minimum absolute atomic E-state index is 0.117. The van der Waals surface area contributed by atoms with Crippen molar-refractivity contribution in [3.8, 4) is 0 Å². The highest BCUT2D eigenvalue weighted by Crippen LogP contribution is 2.47. The van der Waals surface area contributed by atoms with Gasteiger partial charge in [0, 0.05) is 23.3 Å². The van der Waals surface area contributed by atoms with Crippen molar-refractivity contribution >= 4 is 40.5 Å². The molecule has 5 nitrogen and oxygen atoms in total. The Bertz CT molecular complexity index is 797. The number of Topliss-reactive ketones (excluding diaryl/α,β-unsaturated/α-hetero) is 2. The van der Waals surface area contributed by atoms with E-state index in [1.807, 2.05) is 0 Å². The van der Waals surface area contributed by atoms with Crippen LogP contribution in [0.3, 0.4) is 0 Å². The first-order chi connectivity index (χ1) is 10.9. The molecule has 1 aliphatic carbocycles. The first kappa shape index (κ1) is 15.6. The van der Waals surface area contributed by atoms with E-state index in [0.29, 0.717) is 5.56 Å². The molecule has 0 radical (unpaired) electrons. The van der Waals surface area contributed by atoms with Gasteiger partial charge < -0.3 is 0 Å². The Morgan fingerprint density at radius 2 is 1.43 bits per heavy atom. The van der Waals surface area contributed by atoms with E-state index in [0.717, 1.165) is 0 Å². The molecule has 0 heterocycles. The molecule has 0 amide bonds. The van der Waals surface area contributed by atoms with Gasteiger partial charge in [0.25, 0.3) is 5.69 Å². The van der Waals surface area contributed by atoms with Crippen molar-refractivity contribution in [3.63, 3.8) is 0 Å². The highest BCUT2D eigenvalue weighted by atomic mass is 35.5. The summed E-state index contributed by atoms with van der Waals surface area (Å²) in [6.07, 6.45) is 0. The van der Waals surface area contributed by atoms with Gasteiger partial charge in [-0.2, -0.15) is 0 Å². The molecule has 0 unspecified atom stereocenters. The van der Waals surface area contributed by atoms with Crippen LogP contribution in [0.5, 0.6) is 0 Å². The van der Waals surface area contributed by atoms with Gasteiger partial charge in [0.15, 0.2) is 16.4 Å². The number of hydrogen-bond acceptors (Lipinski definition) is 4. The summed E-state index contributed by atoms with van der Waals surface area (Å²) in [6, 6.07) is 11.6. The van der Waals surface area contributed by atoms with Crippen molar-refractivity contribution < 1.29 is 14.5 Å². The Labute approximate surface area is 141 Å². The number of alkyl halides is 2. The molecule has 0 saturated heterocycles. The molecule has 1 atom stereocenters. The van der Waals surface area contributed by atoms with E-state index in [2.05, 4.69) is 0 Å². The molecule has 2 aromatic carbocycles. The summed E-state index contributed by atoms with van der Waals surface area (Å²) >= 11 is 12.7. The Kier molecular flexibility index (Phi) is 3.70. The molecule has 0 fully saturated rings. The number of carbonyl (C=O) groups excluding carboxylic acids is 2. The van der Waals surface area contributed by atoms with Crippen LogP contribution >= 0.6 is 23.2 Å². The van der Waals surface area contributed by atoms with Crippen molar-refractivity contribution in [3.05, 3.63) is 75.3 Å². The fourth-order valence-electron chi connectivity index (χ4n) is 2.60. The lowest BCUT2D eigenvalue weighted by atomic mass is 9.93. The van der Waals surface area contributed by atoms with Crippen LogP contribution in [0.2, 0.25) is 0 Å². The number of halogens is 2. The van der Waals surface area contributed by atoms with Crippen molar-refractivity contribution in [1.29, 1.82) is 0 Å². The molecule has 0 spiro atoms. The second-order valence-corrected chi connectivity index (χ2v) is 6.16. The van der Waals surface area contributed by atoms with Gasteiger partial charge in [0.1, 0.15) is 0 Å². The Hall–Kier alpha value is -2.24. The summed E-state index contributed by atoms with van der Waals surface area (Å²) in [4.78, 5) is 33.3. The smallest absolute Gasteiger partial charge is 0.269 e. The van der Waals surface area contributed by atoms with Gasteiger partial charge in [-0.15, -0.1) is 11.6 Å². The predicted octanol–water partition coefficient (Wildman–Crippen LogP) is 3.93. The number of fused-ring (bicyclic) bond motifs is 1. The molecular formula is C16H9Cl2NO4. The average Bonchev–Trinajstić information content (AvgIpc) is 2.77. The van der Waals surface area contributed by atoms with Crippen LogP contribution in [-0.2, 0) is 0 Å². The number of benzene rings is 2. The first-order valence-electron chi connectivity index (χ1n) is 6.63. The van der Waals surface area contributed by atoms with Crippen molar-refractivity contribution in [2.24, 2.45) is 0 Å². The van der Waals surface area contributed by atoms with Crippen molar-refractivity contribution in [2.45, 2.75) is 10.3 Å². The molecule has 2 aromatic rings. The topological polar surface area (TPSA) is 77.3 Å². The number of nitro benzene ring substituents is 1. The molecule has 0 saturated carbocycles. The zero-order valence-electron chi connectivity index (χ0n) is 11.5. The van der Waals surface area contributed by atoms with E-state index in [-0.39, 0.29) is 16.8 Å². The van der Waals surface area contributed by atoms with E-state index >= 15 is 0 Å². The van der Waals surface area contributed by atoms with Crippen molar-refractivity contribution in [1.82, 2.24) is 0 Å². The maximum atomic E-state index is 12.6. The van der Waals surface area contributed by atoms with Gasteiger partial charge in [-0.1, -0.05) is 48.0 Å². The largest absolute Gasteiger partial charge is 0.292 e. The molecule has 23 heavy (non-hydrogen) atoms. The second kappa shape index (κ2) is 5.44. The lowest BCUT2D eigenvalue weighted by Crippen LogP contribution is -2.39. The molecule has 1 aliphatic rings. The maximum Gasteiger partial charge on any atom is 0.269 e. The van der Waals surface area contributed by atoms with E-state index in [1.165, 1.54) is 36.4 Å². The molecule has 0 aliphatic heterocycles. The van der Waals surface area contributed by atoms with E-state index in [9.17, 15) is 19.7 Å². The fourth-order valence-corrected chi connectivity index (χ4v) is 3.27. The van der Waals surface area contributed by atoms with Crippen LogP contribution in [-0.4, -0.2) is 21.4 Å².